The molecule has 0 fully saturated rings. The summed E-state index contributed by atoms with van der Waals surface area (Å²) in [6.07, 6.45) is 3.03. The molecule has 0 bridgehead atoms. The first-order chi connectivity index (χ1) is 8.56. The molecule has 0 unspecified atom stereocenters. The molecule has 1 rings (SSSR count). The van der Waals surface area contributed by atoms with Gasteiger partial charge in [-0.25, -0.2) is 0 Å². The molecule has 18 heavy (non-hydrogen) atoms. The van der Waals surface area contributed by atoms with E-state index in [1.807, 2.05) is 20.0 Å². The SMILES string of the molecule is Cc1ccc(Cl)cc1C(=O)N(C)CCCCCCl. The third-order valence-electron chi connectivity index (χ3n) is 2.90. The Labute approximate surface area is 119 Å². The Balaban J connectivity index is 2.60. The molecule has 1 aromatic rings. The Morgan fingerprint density at radius 1 is 1.28 bits per heavy atom. The fraction of sp³-hybridized carbons (Fsp3) is 0.500. The van der Waals surface area contributed by atoms with E-state index in [1.54, 1.807) is 17.0 Å². The molecular formula is C14H19Cl2NO. The number of alkyl halides is 1. The van der Waals surface area contributed by atoms with E-state index < -0.39 is 0 Å². The van der Waals surface area contributed by atoms with Crippen LogP contribution >= 0.6 is 23.2 Å². The van der Waals surface area contributed by atoms with Gasteiger partial charge in [0.2, 0.25) is 0 Å². The predicted molar refractivity (Wildman–Crippen MR) is 77.7 cm³/mol. The number of rotatable bonds is 6. The number of nitrogens with zero attached hydrogens (tertiary/aromatic N) is 1. The lowest BCUT2D eigenvalue weighted by Gasteiger charge is -2.18. The second-order valence-corrected chi connectivity index (χ2v) is 5.25. The van der Waals surface area contributed by atoms with Gasteiger partial charge in [0, 0.05) is 30.1 Å². The topological polar surface area (TPSA) is 20.3 Å². The Morgan fingerprint density at radius 3 is 2.67 bits per heavy atom. The summed E-state index contributed by atoms with van der Waals surface area (Å²) in [6.45, 7) is 2.67. The number of halogens is 2. The van der Waals surface area contributed by atoms with Gasteiger partial charge in [-0.3, -0.25) is 4.79 Å². The smallest absolute Gasteiger partial charge is 0.253 e. The number of benzene rings is 1. The van der Waals surface area contributed by atoms with E-state index in [2.05, 4.69) is 0 Å². The van der Waals surface area contributed by atoms with E-state index in [0.29, 0.717) is 16.5 Å². The van der Waals surface area contributed by atoms with Crippen LogP contribution in [0.3, 0.4) is 0 Å². The average Bonchev–Trinajstić information content (AvgIpc) is 2.36. The molecule has 0 heterocycles. The molecule has 0 atom stereocenters. The van der Waals surface area contributed by atoms with Crippen molar-refractivity contribution in [2.24, 2.45) is 0 Å². The molecule has 4 heteroatoms. The van der Waals surface area contributed by atoms with Gasteiger partial charge < -0.3 is 4.90 Å². The number of hydrogen-bond donors (Lipinski definition) is 0. The van der Waals surface area contributed by atoms with Crippen LogP contribution in [0.2, 0.25) is 5.02 Å². The van der Waals surface area contributed by atoms with Crippen molar-refractivity contribution in [1.82, 2.24) is 4.90 Å². The van der Waals surface area contributed by atoms with Crippen molar-refractivity contribution < 1.29 is 4.79 Å². The third kappa shape index (κ3) is 4.51. The van der Waals surface area contributed by atoms with Crippen molar-refractivity contribution in [2.75, 3.05) is 19.5 Å². The fourth-order valence-corrected chi connectivity index (χ4v) is 2.11. The van der Waals surface area contributed by atoms with Crippen LogP contribution in [-0.2, 0) is 0 Å². The van der Waals surface area contributed by atoms with Gasteiger partial charge >= 0.3 is 0 Å². The first-order valence-corrected chi connectivity index (χ1v) is 7.05. The van der Waals surface area contributed by atoms with Crippen molar-refractivity contribution in [2.45, 2.75) is 26.2 Å². The molecule has 2 nitrogen and oxygen atoms in total. The molecule has 0 saturated carbocycles. The Kier molecular flexibility index (Phi) is 6.51. The lowest BCUT2D eigenvalue weighted by molar-refractivity contribution is 0.0792. The lowest BCUT2D eigenvalue weighted by atomic mass is 10.1. The van der Waals surface area contributed by atoms with Crippen molar-refractivity contribution in [3.63, 3.8) is 0 Å². The van der Waals surface area contributed by atoms with Gasteiger partial charge in [-0.1, -0.05) is 24.1 Å². The minimum Gasteiger partial charge on any atom is -0.342 e. The predicted octanol–water partition coefficient (Wildman–Crippen LogP) is 4.13. The molecule has 0 saturated heterocycles. The second-order valence-electron chi connectivity index (χ2n) is 4.44. The van der Waals surface area contributed by atoms with Crippen LogP contribution in [0.1, 0.15) is 35.2 Å². The molecule has 0 radical (unpaired) electrons. The van der Waals surface area contributed by atoms with Gasteiger partial charge in [0.1, 0.15) is 0 Å². The van der Waals surface area contributed by atoms with Gasteiger partial charge in [-0.15, -0.1) is 11.6 Å². The summed E-state index contributed by atoms with van der Waals surface area (Å²) in [5.74, 6) is 0.714. The van der Waals surface area contributed by atoms with Gasteiger partial charge in [-0.05, 0) is 37.5 Å². The van der Waals surface area contributed by atoms with Crippen LogP contribution in [0.15, 0.2) is 18.2 Å². The highest BCUT2D eigenvalue weighted by atomic mass is 35.5. The average molecular weight is 288 g/mol. The molecule has 1 amide bonds. The zero-order valence-electron chi connectivity index (χ0n) is 10.9. The van der Waals surface area contributed by atoms with Gasteiger partial charge in [0.15, 0.2) is 0 Å². The van der Waals surface area contributed by atoms with Crippen molar-refractivity contribution >= 4 is 29.1 Å². The summed E-state index contributed by atoms with van der Waals surface area (Å²) in [5.41, 5.74) is 1.64. The van der Waals surface area contributed by atoms with E-state index in [-0.39, 0.29) is 5.91 Å². The molecule has 0 aliphatic rings. The number of unbranched alkanes of at least 4 members (excludes halogenated alkanes) is 2. The minimum atomic E-state index is 0.0286. The van der Waals surface area contributed by atoms with Crippen LogP contribution in [0, 0.1) is 6.92 Å². The Bertz CT molecular complexity index is 407. The molecule has 0 aliphatic carbocycles. The van der Waals surface area contributed by atoms with Crippen LogP contribution in [0.5, 0.6) is 0 Å². The van der Waals surface area contributed by atoms with E-state index in [1.165, 1.54) is 0 Å². The highest BCUT2D eigenvalue weighted by Gasteiger charge is 2.13. The lowest BCUT2D eigenvalue weighted by Crippen LogP contribution is -2.28. The summed E-state index contributed by atoms with van der Waals surface area (Å²) in [6, 6.07) is 5.40. The summed E-state index contributed by atoms with van der Waals surface area (Å²) in [7, 11) is 1.82. The molecule has 100 valence electrons. The highest BCUT2D eigenvalue weighted by Crippen LogP contribution is 2.17. The molecule has 0 spiro atoms. The monoisotopic (exact) mass is 287 g/mol. The maximum atomic E-state index is 12.2. The highest BCUT2D eigenvalue weighted by molar-refractivity contribution is 6.31. The largest absolute Gasteiger partial charge is 0.342 e. The van der Waals surface area contributed by atoms with Crippen molar-refractivity contribution in [3.8, 4) is 0 Å². The molecule has 0 aromatic heterocycles. The van der Waals surface area contributed by atoms with Crippen LogP contribution < -0.4 is 0 Å². The van der Waals surface area contributed by atoms with Crippen molar-refractivity contribution in [3.05, 3.63) is 34.3 Å². The third-order valence-corrected chi connectivity index (χ3v) is 3.41. The number of hydrogen-bond acceptors (Lipinski definition) is 1. The first-order valence-electron chi connectivity index (χ1n) is 6.14. The van der Waals surface area contributed by atoms with E-state index in [0.717, 1.165) is 31.4 Å². The molecular weight excluding hydrogens is 269 g/mol. The summed E-state index contributed by atoms with van der Waals surface area (Å²) in [4.78, 5) is 14.0. The van der Waals surface area contributed by atoms with Crippen LogP contribution in [-0.4, -0.2) is 30.3 Å². The maximum absolute atomic E-state index is 12.2. The molecule has 1 aromatic carbocycles. The van der Waals surface area contributed by atoms with Crippen LogP contribution in [0.4, 0.5) is 0 Å². The Hall–Kier alpha value is -0.730. The standard InChI is InChI=1S/C14H19Cl2NO/c1-11-6-7-12(16)10-13(11)14(18)17(2)9-5-3-4-8-15/h6-7,10H,3-5,8-9H2,1-2H3. The van der Waals surface area contributed by atoms with Crippen LogP contribution in [0.25, 0.3) is 0 Å². The zero-order valence-corrected chi connectivity index (χ0v) is 12.4. The zero-order chi connectivity index (χ0) is 13.5. The molecule has 0 N–H and O–H groups in total. The normalized spacial score (nSPS) is 10.4. The summed E-state index contributed by atoms with van der Waals surface area (Å²) < 4.78 is 0. The van der Waals surface area contributed by atoms with Crippen molar-refractivity contribution in [1.29, 1.82) is 0 Å². The number of aryl methyl sites for hydroxylation is 1. The van der Waals surface area contributed by atoms with Gasteiger partial charge in [-0.2, -0.15) is 0 Å². The number of carbonyl (C=O) groups excluding carboxylic acids is 1. The number of amides is 1. The summed E-state index contributed by atoms with van der Waals surface area (Å²) >= 11 is 11.5. The molecule has 0 aliphatic heterocycles. The van der Waals surface area contributed by atoms with Gasteiger partial charge in [0.05, 0.1) is 0 Å². The maximum Gasteiger partial charge on any atom is 0.253 e. The minimum absolute atomic E-state index is 0.0286. The first kappa shape index (κ1) is 15.3. The Morgan fingerprint density at radius 2 is 2.00 bits per heavy atom. The van der Waals surface area contributed by atoms with Gasteiger partial charge in [0.25, 0.3) is 5.91 Å². The van der Waals surface area contributed by atoms with E-state index in [9.17, 15) is 4.79 Å². The quantitative estimate of drug-likeness (QED) is 0.569. The van der Waals surface area contributed by atoms with E-state index in [4.69, 9.17) is 23.2 Å². The second kappa shape index (κ2) is 7.65. The summed E-state index contributed by atoms with van der Waals surface area (Å²) in [5, 5.41) is 0.597. The fourth-order valence-electron chi connectivity index (χ4n) is 1.75. The number of carbonyl (C=O) groups is 1. The van der Waals surface area contributed by atoms with E-state index >= 15 is 0 Å².